The Morgan fingerprint density at radius 1 is 1.56 bits per heavy atom. The lowest BCUT2D eigenvalue weighted by molar-refractivity contribution is 0.0948. The number of hydrogen-bond acceptors (Lipinski definition) is 1. The first-order valence-corrected chi connectivity index (χ1v) is 5.61. The highest BCUT2D eigenvalue weighted by Crippen LogP contribution is 2.19. The summed E-state index contributed by atoms with van der Waals surface area (Å²) in [5.41, 5.74) is 0.0307. The lowest BCUT2D eigenvalue weighted by Gasteiger charge is -2.06. The molecule has 16 heavy (non-hydrogen) atoms. The summed E-state index contributed by atoms with van der Waals surface area (Å²) in [5, 5.41) is 2.61. The van der Waals surface area contributed by atoms with Crippen LogP contribution in [0, 0.1) is 18.2 Å². The molecule has 0 saturated carbocycles. The number of carbonyl (C=O) groups excluding carboxylic acids is 1. The number of hydrogen-bond donors (Lipinski definition) is 1. The third-order valence-electron chi connectivity index (χ3n) is 1.97. The van der Waals surface area contributed by atoms with Gasteiger partial charge in [0.05, 0.1) is 5.56 Å². The van der Waals surface area contributed by atoms with Crippen molar-refractivity contribution in [3.05, 3.63) is 34.1 Å². The smallest absolute Gasteiger partial charge is 0.255 e. The highest BCUT2D eigenvalue weighted by atomic mass is 79.9. The van der Waals surface area contributed by atoms with Crippen molar-refractivity contribution in [2.75, 3.05) is 6.54 Å². The minimum Gasteiger partial charge on any atom is -0.352 e. The van der Waals surface area contributed by atoms with Gasteiger partial charge >= 0.3 is 0 Å². The largest absolute Gasteiger partial charge is 0.352 e. The summed E-state index contributed by atoms with van der Waals surface area (Å²) in [6.07, 6.45) is 6.36. The summed E-state index contributed by atoms with van der Waals surface area (Å²) >= 11 is 3.14. The van der Waals surface area contributed by atoms with Crippen LogP contribution in [0.15, 0.2) is 22.7 Å². The average Bonchev–Trinajstić information content (AvgIpc) is 2.24. The Labute approximate surface area is 102 Å². The minimum absolute atomic E-state index is 0.0307. The maximum Gasteiger partial charge on any atom is 0.255 e. The third-order valence-corrected chi connectivity index (χ3v) is 2.63. The molecule has 1 amide bonds. The number of carbonyl (C=O) groups is 1. The maximum absolute atomic E-state index is 13.4. The number of terminal acetylenes is 1. The summed E-state index contributed by atoms with van der Waals surface area (Å²) in [6.45, 7) is 0.448. The summed E-state index contributed by atoms with van der Waals surface area (Å²) in [7, 11) is 0. The normalized spacial score (nSPS) is 9.56. The maximum atomic E-state index is 13.4. The van der Waals surface area contributed by atoms with Crippen LogP contribution < -0.4 is 5.32 Å². The first kappa shape index (κ1) is 12.7. The Morgan fingerprint density at radius 2 is 2.31 bits per heavy atom. The number of nitrogens with one attached hydrogen (secondary N) is 1. The quantitative estimate of drug-likeness (QED) is 0.668. The van der Waals surface area contributed by atoms with Gasteiger partial charge in [0.15, 0.2) is 0 Å². The molecule has 4 heteroatoms. The van der Waals surface area contributed by atoms with E-state index in [0.29, 0.717) is 23.9 Å². The van der Waals surface area contributed by atoms with Crippen molar-refractivity contribution in [1.29, 1.82) is 0 Å². The topological polar surface area (TPSA) is 29.1 Å². The van der Waals surface area contributed by atoms with Crippen molar-refractivity contribution in [2.45, 2.75) is 12.8 Å². The molecule has 0 atom stereocenters. The van der Waals surface area contributed by atoms with Crippen molar-refractivity contribution >= 4 is 21.8 Å². The Hall–Kier alpha value is -1.34. The minimum atomic E-state index is -0.538. The number of rotatable bonds is 4. The standard InChI is InChI=1S/C12H11BrFNO/c1-2-3-4-8-15-12(16)11-9(13)6-5-7-10(11)14/h1,5-7H,3-4,8H2,(H,15,16). The summed E-state index contributed by atoms with van der Waals surface area (Å²) in [5.74, 6) is 1.50. The molecule has 84 valence electrons. The lowest BCUT2D eigenvalue weighted by Crippen LogP contribution is -2.25. The van der Waals surface area contributed by atoms with Crippen LogP contribution in [-0.4, -0.2) is 12.5 Å². The molecule has 0 aliphatic rings. The van der Waals surface area contributed by atoms with E-state index in [1.165, 1.54) is 12.1 Å². The van der Waals surface area contributed by atoms with E-state index in [-0.39, 0.29) is 5.56 Å². The second-order valence-corrected chi connectivity index (χ2v) is 4.01. The van der Waals surface area contributed by atoms with Crippen LogP contribution in [0.3, 0.4) is 0 Å². The lowest BCUT2D eigenvalue weighted by atomic mass is 10.2. The molecule has 0 saturated heterocycles. The second kappa shape index (κ2) is 6.29. The first-order valence-electron chi connectivity index (χ1n) is 4.82. The zero-order chi connectivity index (χ0) is 12.0. The number of halogens is 2. The van der Waals surface area contributed by atoms with E-state index >= 15 is 0 Å². The zero-order valence-corrected chi connectivity index (χ0v) is 10.2. The molecule has 0 fully saturated rings. The fourth-order valence-electron chi connectivity index (χ4n) is 1.20. The van der Waals surface area contributed by atoms with Crippen molar-refractivity contribution in [1.82, 2.24) is 5.32 Å². The van der Waals surface area contributed by atoms with Crippen molar-refractivity contribution in [3.8, 4) is 12.3 Å². The molecule has 1 rings (SSSR count). The number of benzene rings is 1. The molecule has 0 spiro atoms. The van der Waals surface area contributed by atoms with Gasteiger partial charge in [0.2, 0.25) is 0 Å². The summed E-state index contributed by atoms with van der Waals surface area (Å²) < 4.78 is 13.8. The Kier molecular flexibility index (Phi) is 5.00. The fourth-order valence-corrected chi connectivity index (χ4v) is 1.72. The third kappa shape index (κ3) is 3.35. The number of amides is 1. The molecule has 0 heterocycles. The first-order chi connectivity index (χ1) is 7.66. The van der Waals surface area contributed by atoms with Gasteiger partial charge in [-0.2, -0.15) is 0 Å². The molecule has 1 aromatic carbocycles. The molecule has 0 unspecified atom stereocenters. The van der Waals surface area contributed by atoms with Crippen molar-refractivity contribution in [2.24, 2.45) is 0 Å². The van der Waals surface area contributed by atoms with Crippen molar-refractivity contribution < 1.29 is 9.18 Å². The van der Waals surface area contributed by atoms with Gasteiger partial charge in [-0.25, -0.2) is 4.39 Å². The van der Waals surface area contributed by atoms with Gasteiger partial charge in [-0.3, -0.25) is 4.79 Å². The SMILES string of the molecule is C#CCCCNC(=O)c1c(F)cccc1Br. The molecular formula is C12H11BrFNO. The Balaban J connectivity index is 2.63. The predicted octanol–water partition coefficient (Wildman–Crippen LogP) is 2.73. The highest BCUT2D eigenvalue weighted by Gasteiger charge is 2.14. The molecule has 1 aromatic rings. The Morgan fingerprint density at radius 3 is 2.94 bits per heavy atom. The van der Waals surface area contributed by atoms with Gasteiger partial charge in [-0.15, -0.1) is 12.3 Å². The van der Waals surface area contributed by atoms with Crippen LogP contribution in [0.2, 0.25) is 0 Å². The van der Waals surface area contributed by atoms with Gasteiger partial charge in [0, 0.05) is 17.4 Å². The van der Waals surface area contributed by atoms with Gasteiger partial charge in [-0.05, 0) is 34.5 Å². The molecule has 0 aliphatic heterocycles. The molecular weight excluding hydrogens is 273 g/mol. The molecule has 2 nitrogen and oxygen atoms in total. The molecule has 0 radical (unpaired) electrons. The van der Waals surface area contributed by atoms with Crippen LogP contribution in [-0.2, 0) is 0 Å². The van der Waals surface area contributed by atoms with E-state index in [1.54, 1.807) is 6.07 Å². The van der Waals surface area contributed by atoms with Crippen LogP contribution in [0.25, 0.3) is 0 Å². The summed E-state index contributed by atoms with van der Waals surface area (Å²) in [6, 6.07) is 4.41. The van der Waals surface area contributed by atoms with Gasteiger partial charge in [0.1, 0.15) is 5.82 Å². The van der Waals surface area contributed by atoms with Gasteiger partial charge in [0.25, 0.3) is 5.91 Å². The van der Waals surface area contributed by atoms with E-state index in [0.717, 1.165) is 0 Å². The van der Waals surface area contributed by atoms with Gasteiger partial charge in [-0.1, -0.05) is 6.07 Å². The molecule has 0 aliphatic carbocycles. The molecule has 0 aromatic heterocycles. The van der Waals surface area contributed by atoms with E-state index in [9.17, 15) is 9.18 Å². The van der Waals surface area contributed by atoms with Crippen LogP contribution >= 0.6 is 15.9 Å². The molecule has 0 bridgehead atoms. The van der Waals surface area contributed by atoms with E-state index in [2.05, 4.69) is 27.2 Å². The van der Waals surface area contributed by atoms with Crippen molar-refractivity contribution in [3.63, 3.8) is 0 Å². The number of unbranched alkanes of at least 4 members (excludes halogenated alkanes) is 1. The van der Waals surface area contributed by atoms with Crippen LogP contribution in [0.1, 0.15) is 23.2 Å². The van der Waals surface area contributed by atoms with E-state index in [1.807, 2.05) is 0 Å². The monoisotopic (exact) mass is 283 g/mol. The average molecular weight is 284 g/mol. The van der Waals surface area contributed by atoms with E-state index < -0.39 is 11.7 Å². The van der Waals surface area contributed by atoms with Crippen LogP contribution in [0.4, 0.5) is 4.39 Å². The fraction of sp³-hybridized carbons (Fsp3) is 0.250. The predicted molar refractivity (Wildman–Crippen MR) is 64.5 cm³/mol. The zero-order valence-electron chi connectivity index (χ0n) is 8.59. The summed E-state index contributed by atoms with van der Waals surface area (Å²) in [4.78, 5) is 11.6. The molecule has 1 N–H and O–H groups in total. The second-order valence-electron chi connectivity index (χ2n) is 3.16. The van der Waals surface area contributed by atoms with E-state index in [4.69, 9.17) is 6.42 Å². The Bertz CT molecular complexity index is 405. The van der Waals surface area contributed by atoms with Crippen LogP contribution in [0.5, 0.6) is 0 Å². The van der Waals surface area contributed by atoms with Gasteiger partial charge < -0.3 is 5.32 Å². The highest BCUT2D eigenvalue weighted by molar-refractivity contribution is 9.10.